The van der Waals surface area contributed by atoms with Gasteiger partial charge in [-0.05, 0) is 71.0 Å². The van der Waals surface area contributed by atoms with Gasteiger partial charge in [0.15, 0.2) is 0 Å². The molecule has 4 aromatic carbocycles. The molecule has 0 aliphatic carbocycles. The predicted octanol–water partition coefficient (Wildman–Crippen LogP) is 8.04. The van der Waals surface area contributed by atoms with Crippen molar-refractivity contribution in [3.63, 3.8) is 0 Å². The van der Waals surface area contributed by atoms with Gasteiger partial charge in [-0.3, -0.25) is 0 Å². The zero-order valence-corrected chi connectivity index (χ0v) is 21.5. The minimum absolute atomic E-state index is 0.828. The van der Waals surface area contributed by atoms with Crippen molar-refractivity contribution in [3.05, 3.63) is 138 Å². The molecular formula is C27H21Br3O. The summed E-state index contributed by atoms with van der Waals surface area (Å²) < 4.78 is 3.08. The Bertz CT molecular complexity index is 1120. The second kappa shape index (κ2) is 9.83. The topological polar surface area (TPSA) is 20.2 Å². The Hall–Kier alpha value is -1.72. The summed E-state index contributed by atoms with van der Waals surface area (Å²) in [5, 5.41) is 12.3. The third kappa shape index (κ3) is 4.88. The fourth-order valence-corrected chi connectivity index (χ4v) is 4.93. The molecular weight excluding hydrogens is 580 g/mol. The van der Waals surface area contributed by atoms with Gasteiger partial charge >= 0.3 is 0 Å². The van der Waals surface area contributed by atoms with Gasteiger partial charge in [0.05, 0.1) is 0 Å². The molecule has 0 fully saturated rings. The van der Waals surface area contributed by atoms with Crippen LogP contribution in [0.5, 0.6) is 0 Å². The van der Waals surface area contributed by atoms with Crippen LogP contribution in [0, 0.1) is 0 Å². The van der Waals surface area contributed by atoms with E-state index in [1.807, 2.05) is 72.8 Å². The lowest BCUT2D eigenvalue weighted by molar-refractivity contribution is 0.124. The van der Waals surface area contributed by atoms with Gasteiger partial charge in [0.25, 0.3) is 0 Å². The molecule has 0 saturated heterocycles. The van der Waals surface area contributed by atoms with Crippen molar-refractivity contribution in [3.8, 4) is 0 Å². The average Bonchev–Trinajstić information content (AvgIpc) is 2.79. The molecule has 0 bridgehead atoms. The predicted molar refractivity (Wildman–Crippen MR) is 138 cm³/mol. The molecule has 1 nitrogen and oxygen atoms in total. The van der Waals surface area contributed by atoms with E-state index in [0.717, 1.165) is 48.5 Å². The van der Waals surface area contributed by atoms with Crippen LogP contribution in [-0.4, -0.2) is 5.11 Å². The number of hydrogen-bond donors (Lipinski definition) is 1. The van der Waals surface area contributed by atoms with Crippen LogP contribution in [-0.2, 0) is 18.4 Å². The molecule has 0 atom stereocenters. The molecule has 31 heavy (non-hydrogen) atoms. The van der Waals surface area contributed by atoms with Crippen LogP contribution >= 0.6 is 47.8 Å². The third-order valence-electron chi connectivity index (χ3n) is 5.55. The minimum atomic E-state index is -1.26. The average molecular weight is 601 g/mol. The summed E-state index contributed by atoms with van der Waals surface area (Å²) in [5.74, 6) is 0. The second-order valence-electron chi connectivity index (χ2n) is 7.47. The molecule has 0 spiro atoms. The SMILES string of the molecule is OC(c1ccc(Br)cc1)(c1ccc(Br)cc1)c1ccccc1CCc1ccccc1Br. The van der Waals surface area contributed by atoms with Crippen LogP contribution in [0.2, 0.25) is 0 Å². The fourth-order valence-electron chi connectivity index (χ4n) is 3.92. The molecule has 0 amide bonds. The van der Waals surface area contributed by atoms with E-state index in [2.05, 4.69) is 72.1 Å². The molecule has 0 aromatic heterocycles. The Labute approximate surface area is 208 Å². The molecule has 0 aliphatic rings. The van der Waals surface area contributed by atoms with Gasteiger partial charge in [-0.25, -0.2) is 0 Å². The van der Waals surface area contributed by atoms with Gasteiger partial charge in [0.2, 0.25) is 0 Å². The van der Waals surface area contributed by atoms with Crippen LogP contribution in [0.25, 0.3) is 0 Å². The van der Waals surface area contributed by atoms with E-state index in [9.17, 15) is 5.11 Å². The first-order valence-corrected chi connectivity index (χ1v) is 12.4. The quantitative estimate of drug-likeness (QED) is 0.222. The molecule has 0 saturated carbocycles. The Morgan fingerprint density at radius 2 is 1.00 bits per heavy atom. The third-order valence-corrected chi connectivity index (χ3v) is 7.38. The van der Waals surface area contributed by atoms with Gasteiger partial charge < -0.3 is 5.11 Å². The highest BCUT2D eigenvalue weighted by molar-refractivity contribution is 9.11. The maximum Gasteiger partial charge on any atom is 0.140 e. The maximum absolute atomic E-state index is 12.3. The summed E-state index contributed by atoms with van der Waals surface area (Å²) in [6, 6.07) is 32.3. The highest BCUT2D eigenvalue weighted by Crippen LogP contribution is 2.39. The first-order chi connectivity index (χ1) is 15.0. The normalized spacial score (nSPS) is 11.5. The van der Waals surface area contributed by atoms with Crippen molar-refractivity contribution >= 4 is 47.8 Å². The van der Waals surface area contributed by atoms with Gasteiger partial charge in [0.1, 0.15) is 5.60 Å². The molecule has 156 valence electrons. The van der Waals surface area contributed by atoms with Gasteiger partial charge in [-0.1, -0.05) is 115 Å². The molecule has 0 aliphatic heterocycles. The van der Waals surface area contributed by atoms with Crippen molar-refractivity contribution in [1.29, 1.82) is 0 Å². The number of aliphatic hydroxyl groups is 1. The lowest BCUT2D eigenvalue weighted by Gasteiger charge is -2.32. The summed E-state index contributed by atoms with van der Waals surface area (Å²) in [5.41, 5.74) is 3.72. The molecule has 0 radical (unpaired) electrons. The molecule has 4 heteroatoms. The largest absolute Gasteiger partial charge is 0.376 e. The molecule has 0 unspecified atom stereocenters. The number of halogens is 3. The van der Waals surface area contributed by atoms with E-state index in [0.29, 0.717) is 0 Å². The Kier molecular flexibility index (Phi) is 7.12. The van der Waals surface area contributed by atoms with Gasteiger partial charge in [-0.15, -0.1) is 0 Å². The van der Waals surface area contributed by atoms with Crippen molar-refractivity contribution in [2.24, 2.45) is 0 Å². The molecule has 4 rings (SSSR count). The Morgan fingerprint density at radius 3 is 1.55 bits per heavy atom. The van der Waals surface area contributed by atoms with Crippen molar-refractivity contribution in [2.75, 3.05) is 0 Å². The Balaban J connectivity index is 1.81. The lowest BCUT2D eigenvalue weighted by Crippen LogP contribution is -2.30. The van der Waals surface area contributed by atoms with Gasteiger partial charge in [-0.2, -0.15) is 0 Å². The number of hydrogen-bond acceptors (Lipinski definition) is 1. The standard InChI is InChI=1S/C27H21Br3O/c28-23-15-11-21(12-16-23)27(31,22-13-17-24(29)18-14-22)25-7-3-1-5-19(25)9-10-20-6-2-4-8-26(20)30/h1-8,11-18,31H,9-10H2. The first-order valence-electron chi connectivity index (χ1n) is 10.0. The zero-order chi connectivity index (χ0) is 21.8. The summed E-state index contributed by atoms with van der Waals surface area (Å²) in [4.78, 5) is 0. The smallest absolute Gasteiger partial charge is 0.140 e. The van der Waals surface area contributed by atoms with Crippen LogP contribution in [0.4, 0.5) is 0 Å². The van der Waals surface area contributed by atoms with E-state index in [1.54, 1.807) is 0 Å². The van der Waals surface area contributed by atoms with Crippen LogP contribution in [0.3, 0.4) is 0 Å². The summed E-state index contributed by atoms with van der Waals surface area (Å²) in [6.07, 6.45) is 1.71. The zero-order valence-electron chi connectivity index (χ0n) is 16.7. The van der Waals surface area contributed by atoms with Crippen molar-refractivity contribution in [1.82, 2.24) is 0 Å². The lowest BCUT2D eigenvalue weighted by atomic mass is 9.77. The van der Waals surface area contributed by atoms with Crippen molar-refractivity contribution < 1.29 is 5.11 Å². The maximum atomic E-state index is 12.3. The molecule has 1 N–H and O–H groups in total. The van der Waals surface area contributed by atoms with Crippen LogP contribution in [0.1, 0.15) is 27.8 Å². The number of benzene rings is 4. The van der Waals surface area contributed by atoms with E-state index >= 15 is 0 Å². The summed E-state index contributed by atoms with van der Waals surface area (Å²) in [7, 11) is 0. The molecule has 0 heterocycles. The summed E-state index contributed by atoms with van der Waals surface area (Å²) >= 11 is 10.7. The van der Waals surface area contributed by atoms with E-state index in [1.165, 1.54) is 5.56 Å². The Morgan fingerprint density at radius 1 is 0.548 bits per heavy atom. The minimum Gasteiger partial charge on any atom is -0.376 e. The van der Waals surface area contributed by atoms with E-state index < -0.39 is 5.60 Å². The van der Waals surface area contributed by atoms with Crippen LogP contribution < -0.4 is 0 Å². The first kappa shape index (κ1) is 22.5. The number of aryl methyl sites for hydroxylation is 2. The number of rotatable bonds is 6. The van der Waals surface area contributed by atoms with Gasteiger partial charge in [0, 0.05) is 13.4 Å². The highest BCUT2D eigenvalue weighted by Gasteiger charge is 2.35. The molecule has 4 aromatic rings. The fraction of sp³-hybridized carbons (Fsp3) is 0.111. The van der Waals surface area contributed by atoms with E-state index in [-0.39, 0.29) is 0 Å². The monoisotopic (exact) mass is 598 g/mol. The van der Waals surface area contributed by atoms with Crippen LogP contribution in [0.15, 0.2) is 110 Å². The second-order valence-corrected chi connectivity index (χ2v) is 10.2. The highest BCUT2D eigenvalue weighted by atomic mass is 79.9. The van der Waals surface area contributed by atoms with Crippen molar-refractivity contribution in [2.45, 2.75) is 18.4 Å². The van der Waals surface area contributed by atoms with E-state index in [4.69, 9.17) is 0 Å². The summed E-state index contributed by atoms with van der Waals surface area (Å²) in [6.45, 7) is 0.